The summed E-state index contributed by atoms with van der Waals surface area (Å²) in [6, 6.07) is 4.93. The lowest BCUT2D eigenvalue weighted by Gasteiger charge is -2.30. The Morgan fingerprint density at radius 3 is 2.32 bits per heavy atom. The van der Waals surface area contributed by atoms with E-state index in [0.29, 0.717) is 25.9 Å². The van der Waals surface area contributed by atoms with Crippen LogP contribution < -0.4 is 4.90 Å². The summed E-state index contributed by atoms with van der Waals surface area (Å²) < 4.78 is 12.2. The minimum absolute atomic E-state index is 0.0596. The normalized spacial score (nSPS) is 15.2. The van der Waals surface area contributed by atoms with E-state index in [1.165, 1.54) is 12.1 Å². The van der Waals surface area contributed by atoms with Crippen LogP contribution in [0.1, 0.15) is 12.8 Å². The topological polar surface area (TPSA) is 63.5 Å². The molecule has 1 fully saturated rings. The second kappa shape index (κ2) is 5.60. The first kappa shape index (κ1) is 13.2. The number of nitro benzene ring substituents is 1. The average Bonchev–Trinajstić information content (AvgIpc) is 2.39. The Morgan fingerprint density at radius 2 is 1.84 bits per heavy atom. The fourth-order valence-corrected chi connectivity index (χ4v) is 2.14. The van der Waals surface area contributed by atoms with Crippen molar-refractivity contribution in [2.24, 2.45) is 0 Å². The molecule has 0 aliphatic carbocycles. The Bertz CT molecular complexity index is 515. The van der Waals surface area contributed by atoms with E-state index in [1.54, 1.807) is 12.1 Å². The number of nitro groups is 1. The van der Waals surface area contributed by atoms with Crippen molar-refractivity contribution in [2.75, 3.05) is 18.0 Å². The number of benzene rings is 1. The zero-order chi connectivity index (χ0) is 13.8. The molecule has 0 atom stereocenters. The molecule has 0 unspecified atom stereocenters. The van der Waals surface area contributed by atoms with Crippen molar-refractivity contribution < 1.29 is 14.1 Å². The summed E-state index contributed by atoms with van der Waals surface area (Å²) in [6.45, 7) is 1.36. The van der Waals surface area contributed by atoms with Crippen LogP contribution in [-0.2, 0) is 4.79 Å². The summed E-state index contributed by atoms with van der Waals surface area (Å²) in [5.41, 5.74) is 1.77. The van der Waals surface area contributed by atoms with Gasteiger partial charge in [-0.25, -0.2) is 0 Å². The highest BCUT2D eigenvalue weighted by molar-refractivity contribution is 5.81. The first-order chi connectivity index (χ1) is 9.06. The number of allylic oxidation sites excluding steroid dienone is 1. The van der Waals surface area contributed by atoms with Gasteiger partial charge in [-0.15, -0.1) is 0 Å². The molecule has 0 spiro atoms. The van der Waals surface area contributed by atoms with Gasteiger partial charge in [0.1, 0.15) is 0 Å². The lowest BCUT2D eigenvalue weighted by molar-refractivity contribution is -0.384. The molecule has 0 aromatic heterocycles. The molecule has 0 radical (unpaired) electrons. The van der Waals surface area contributed by atoms with Crippen molar-refractivity contribution in [1.29, 1.82) is 0 Å². The van der Waals surface area contributed by atoms with E-state index in [1.807, 2.05) is 0 Å². The third kappa shape index (κ3) is 3.37. The van der Waals surface area contributed by atoms with Gasteiger partial charge in [0.25, 0.3) is 5.69 Å². The zero-order valence-corrected chi connectivity index (χ0v) is 10.2. The van der Waals surface area contributed by atoms with Gasteiger partial charge in [0, 0.05) is 37.0 Å². The highest BCUT2D eigenvalue weighted by atomic mass is 19.1. The molecule has 2 rings (SSSR count). The molecule has 0 N–H and O–H groups in total. The van der Waals surface area contributed by atoms with E-state index < -0.39 is 11.0 Å². The van der Waals surface area contributed by atoms with Crippen LogP contribution in [0.2, 0.25) is 0 Å². The monoisotopic (exact) mass is 264 g/mol. The Kier molecular flexibility index (Phi) is 3.89. The zero-order valence-electron chi connectivity index (χ0n) is 10.2. The molecule has 5 nitrogen and oxygen atoms in total. The summed E-state index contributed by atoms with van der Waals surface area (Å²) in [5.74, 6) is 0. The molecule has 1 heterocycles. The van der Waals surface area contributed by atoms with Gasteiger partial charge in [-0.1, -0.05) is 5.57 Å². The maximum absolute atomic E-state index is 12.2. The van der Waals surface area contributed by atoms with E-state index in [0.717, 1.165) is 17.3 Å². The molecule has 1 aliphatic heterocycles. The Balaban J connectivity index is 2.01. The first-order valence-corrected chi connectivity index (χ1v) is 5.94. The first-order valence-electron chi connectivity index (χ1n) is 5.94. The molecule has 100 valence electrons. The van der Waals surface area contributed by atoms with Gasteiger partial charge in [0.05, 0.1) is 4.92 Å². The smallest absolute Gasteiger partial charge is 0.324 e. The largest absolute Gasteiger partial charge is 0.371 e. The molecular weight excluding hydrogens is 251 g/mol. The summed E-state index contributed by atoms with van der Waals surface area (Å²) in [7, 11) is 0. The SMILES string of the molecule is O=C(F)C=C1CCN(c2ccc([N+](=O)[O-])cc2)CC1. The Hall–Kier alpha value is -2.24. The Morgan fingerprint density at radius 1 is 1.26 bits per heavy atom. The molecule has 1 aliphatic rings. The molecule has 1 saturated heterocycles. The average molecular weight is 264 g/mol. The molecule has 1 aromatic rings. The number of hydrogen-bond donors (Lipinski definition) is 0. The van der Waals surface area contributed by atoms with Crippen LogP contribution in [0.3, 0.4) is 0 Å². The van der Waals surface area contributed by atoms with Crippen molar-refractivity contribution in [1.82, 2.24) is 0 Å². The van der Waals surface area contributed by atoms with Gasteiger partial charge in [0.15, 0.2) is 0 Å². The number of non-ortho nitro benzene ring substituents is 1. The number of anilines is 1. The van der Waals surface area contributed by atoms with Crippen molar-refractivity contribution in [3.8, 4) is 0 Å². The second-order valence-corrected chi connectivity index (χ2v) is 4.37. The summed E-state index contributed by atoms with van der Waals surface area (Å²) >= 11 is 0. The van der Waals surface area contributed by atoms with Crippen molar-refractivity contribution in [3.63, 3.8) is 0 Å². The van der Waals surface area contributed by atoms with Gasteiger partial charge >= 0.3 is 6.04 Å². The predicted octanol–water partition coefficient (Wildman–Crippen LogP) is 2.62. The number of hydrogen-bond acceptors (Lipinski definition) is 4. The van der Waals surface area contributed by atoms with E-state index >= 15 is 0 Å². The van der Waals surface area contributed by atoms with Crippen LogP contribution >= 0.6 is 0 Å². The van der Waals surface area contributed by atoms with E-state index in [-0.39, 0.29) is 5.69 Å². The van der Waals surface area contributed by atoms with Gasteiger partial charge in [-0.3, -0.25) is 14.9 Å². The number of halogens is 1. The van der Waals surface area contributed by atoms with E-state index in [9.17, 15) is 19.3 Å². The summed E-state index contributed by atoms with van der Waals surface area (Å²) in [6.07, 6.45) is 2.31. The number of piperidine rings is 1. The third-order valence-corrected chi connectivity index (χ3v) is 3.15. The van der Waals surface area contributed by atoms with Gasteiger partial charge < -0.3 is 4.90 Å². The molecule has 1 aromatic carbocycles. The van der Waals surface area contributed by atoms with Crippen LogP contribution in [0.25, 0.3) is 0 Å². The summed E-state index contributed by atoms with van der Waals surface area (Å²) in [4.78, 5) is 22.5. The van der Waals surface area contributed by atoms with Crippen molar-refractivity contribution >= 4 is 17.4 Å². The van der Waals surface area contributed by atoms with Crippen LogP contribution in [0.4, 0.5) is 15.8 Å². The van der Waals surface area contributed by atoms with E-state index in [2.05, 4.69) is 4.90 Å². The lowest BCUT2D eigenvalue weighted by Crippen LogP contribution is -2.30. The molecule has 0 amide bonds. The maximum atomic E-state index is 12.2. The van der Waals surface area contributed by atoms with Gasteiger partial charge in [-0.05, 0) is 25.0 Å². The quantitative estimate of drug-likeness (QED) is 0.364. The molecule has 6 heteroatoms. The second-order valence-electron chi connectivity index (χ2n) is 4.37. The van der Waals surface area contributed by atoms with Crippen molar-refractivity contribution in [3.05, 3.63) is 46.0 Å². The molecule has 19 heavy (non-hydrogen) atoms. The van der Waals surface area contributed by atoms with Crippen molar-refractivity contribution in [2.45, 2.75) is 12.8 Å². The fraction of sp³-hybridized carbons (Fsp3) is 0.308. The van der Waals surface area contributed by atoms with Crippen LogP contribution in [0, 0.1) is 10.1 Å². The standard InChI is InChI=1S/C13H13FN2O3/c14-13(17)9-10-5-7-15(8-6-10)11-1-3-12(4-2-11)16(18)19/h1-4,9H,5-8H2. The third-order valence-electron chi connectivity index (χ3n) is 3.15. The lowest BCUT2D eigenvalue weighted by atomic mass is 10.0. The van der Waals surface area contributed by atoms with E-state index in [4.69, 9.17) is 0 Å². The highest BCUT2D eigenvalue weighted by Gasteiger charge is 2.16. The molecule has 0 saturated carbocycles. The highest BCUT2D eigenvalue weighted by Crippen LogP contribution is 2.24. The predicted molar refractivity (Wildman–Crippen MR) is 68.7 cm³/mol. The number of carbonyl (C=O) groups excluding carboxylic acids is 1. The number of nitrogens with zero attached hydrogens (tertiary/aromatic N) is 2. The van der Waals surface area contributed by atoms with Crippen LogP contribution in [0.5, 0.6) is 0 Å². The minimum atomic E-state index is -1.40. The Labute approximate surface area is 109 Å². The molecular formula is C13H13FN2O3. The van der Waals surface area contributed by atoms with Gasteiger partial charge in [-0.2, -0.15) is 4.39 Å². The summed E-state index contributed by atoms with van der Waals surface area (Å²) in [5, 5.41) is 10.6. The maximum Gasteiger partial charge on any atom is 0.324 e. The number of carbonyl (C=O) groups is 1. The van der Waals surface area contributed by atoms with Gasteiger partial charge in [0.2, 0.25) is 0 Å². The van der Waals surface area contributed by atoms with Crippen LogP contribution in [0.15, 0.2) is 35.9 Å². The fourth-order valence-electron chi connectivity index (χ4n) is 2.14. The number of rotatable bonds is 3. The van der Waals surface area contributed by atoms with Crippen LogP contribution in [-0.4, -0.2) is 24.0 Å². The molecule has 0 bridgehead atoms. The minimum Gasteiger partial charge on any atom is -0.371 e.